The maximum atomic E-state index is 12.1. The molecule has 1 aromatic rings. The molecule has 1 aliphatic heterocycles. The molecule has 1 fully saturated rings. The van der Waals surface area contributed by atoms with Gasteiger partial charge in [0.1, 0.15) is 0 Å². The first-order valence-electron chi connectivity index (χ1n) is 5.34. The molecule has 1 saturated heterocycles. The summed E-state index contributed by atoms with van der Waals surface area (Å²) < 4.78 is 0.410. The molecular weight excluding hydrogens is 306 g/mol. The Morgan fingerprint density at radius 3 is 2.94 bits per heavy atom. The van der Waals surface area contributed by atoms with Gasteiger partial charge in [-0.3, -0.25) is 9.63 Å². The topological polar surface area (TPSA) is 85.6 Å². The molecule has 0 aliphatic carbocycles. The molecule has 2 heterocycles. The molecular formula is C10H10BrN3O4. The number of hydrogen-bond acceptors (Lipinski definition) is 5. The van der Waals surface area contributed by atoms with Crippen LogP contribution in [0.15, 0.2) is 16.7 Å². The Morgan fingerprint density at radius 2 is 2.33 bits per heavy atom. The molecule has 2 rings (SSSR count). The van der Waals surface area contributed by atoms with E-state index in [1.54, 1.807) is 0 Å². The Kier molecular flexibility index (Phi) is 3.87. The van der Waals surface area contributed by atoms with E-state index in [2.05, 4.69) is 20.9 Å². The number of hydrogen-bond donors (Lipinski definition) is 0. The third-order valence-electron chi connectivity index (χ3n) is 2.49. The minimum atomic E-state index is -0.639. The molecule has 1 aromatic heterocycles. The van der Waals surface area contributed by atoms with Gasteiger partial charge in [0.25, 0.3) is 5.91 Å². The Hall–Kier alpha value is -1.54. The van der Waals surface area contributed by atoms with E-state index < -0.39 is 10.8 Å². The maximum absolute atomic E-state index is 12.1. The van der Waals surface area contributed by atoms with Gasteiger partial charge in [-0.15, -0.1) is 0 Å². The second-order valence-electron chi connectivity index (χ2n) is 3.73. The van der Waals surface area contributed by atoms with Crippen LogP contribution < -0.4 is 0 Å². The first-order chi connectivity index (χ1) is 8.59. The number of nitrogens with zero attached hydrogens (tertiary/aromatic N) is 3. The summed E-state index contributed by atoms with van der Waals surface area (Å²) in [6.45, 7) is 0.970. The summed E-state index contributed by atoms with van der Waals surface area (Å²) in [6.07, 6.45) is 3.01. The fraction of sp³-hybridized carbons (Fsp3) is 0.400. The second kappa shape index (κ2) is 5.40. The van der Waals surface area contributed by atoms with Crippen molar-refractivity contribution >= 4 is 27.7 Å². The van der Waals surface area contributed by atoms with Crippen LogP contribution in [0.4, 0.5) is 5.82 Å². The van der Waals surface area contributed by atoms with E-state index in [1.807, 2.05) is 0 Å². The van der Waals surface area contributed by atoms with Crippen LogP contribution in [-0.2, 0) is 4.84 Å². The minimum Gasteiger partial charge on any atom is -0.358 e. The molecule has 0 radical (unpaired) electrons. The van der Waals surface area contributed by atoms with E-state index in [0.29, 0.717) is 17.6 Å². The second-order valence-corrected chi connectivity index (χ2v) is 4.58. The summed E-state index contributed by atoms with van der Waals surface area (Å²) in [4.78, 5) is 30.9. The van der Waals surface area contributed by atoms with Crippen molar-refractivity contribution in [3.8, 4) is 0 Å². The largest absolute Gasteiger partial charge is 0.364 e. The lowest BCUT2D eigenvalue weighted by molar-refractivity contribution is -0.389. The van der Waals surface area contributed by atoms with Crippen molar-refractivity contribution in [3.05, 3.63) is 32.4 Å². The van der Waals surface area contributed by atoms with Crippen molar-refractivity contribution in [3.63, 3.8) is 0 Å². The number of rotatable bonds is 2. The van der Waals surface area contributed by atoms with E-state index in [1.165, 1.54) is 11.3 Å². The third kappa shape index (κ3) is 2.65. The van der Waals surface area contributed by atoms with Crippen molar-refractivity contribution in [2.75, 3.05) is 13.2 Å². The fourth-order valence-corrected chi connectivity index (χ4v) is 1.97. The molecule has 0 saturated carbocycles. The van der Waals surface area contributed by atoms with Gasteiger partial charge in [0, 0.05) is 6.54 Å². The predicted octanol–water partition coefficient (Wildman–Crippen LogP) is 1.92. The monoisotopic (exact) mass is 315 g/mol. The van der Waals surface area contributed by atoms with Gasteiger partial charge in [-0.2, -0.15) is 0 Å². The number of nitro groups is 1. The molecule has 0 N–H and O–H groups in total. The summed E-state index contributed by atoms with van der Waals surface area (Å²) in [5.74, 6) is -0.759. The normalized spacial score (nSPS) is 15.5. The molecule has 96 valence electrons. The highest BCUT2D eigenvalue weighted by molar-refractivity contribution is 9.10. The average Bonchev–Trinajstić information content (AvgIpc) is 2.39. The van der Waals surface area contributed by atoms with E-state index >= 15 is 0 Å². The number of amides is 1. The zero-order valence-corrected chi connectivity index (χ0v) is 10.9. The standard InChI is InChI=1S/C10H10BrN3O4/c11-8-6-12-9(14(16)17)5-7(8)10(15)13-3-1-2-4-18-13/h5-6H,1-4H2. The first-order valence-corrected chi connectivity index (χ1v) is 6.13. The highest BCUT2D eigenvalue weighted by Gasteiger charge is 2.24. The summed E-state index contributed by atoms with van der Waals surface area (Å²) in [7, 11) is 0. The maximum Gasteiger partial charge on any atom is 0.364 e. The van der Waals surface area contributed by atoms with Crippen LogP contribution in [0.1, 0.15) is 23.2 Å². The third-order valence-corrected chi connectivity index (χ3v) is 3.12. The van der Waals surface area contributed by atoms with Crippen molar-refractivity contribution < 1.29 is 14.6 Å². The summed E-state index contributed by atoms with van der Waals surface area (Å²) in [5.41, 5.74) is 0.179. The van der Waals surface area contributed by atoms with Crippen LogP contribution in [-0.4, -0.2) is 34.0 Å². The lowest BCUT2D eigenvalue weighted by atomic mass is 10.2. The van der Waals surface area contributed by atoms with Gasteiger partial charge in [-0.1, -0.05) is 0 Å². The number of pyridine rings is 1. The van der Waals surface area contributed by atoms with Crippen LogP contribution in [0.25, 0.3) is 0 Å². The van der Waals surface area contributed by atoms with E-state index in [4.69, 9.17) is 4.84 Å². The summed E-state index contributed by atoms with van der Waals surface area (Å²) in [6, 6.07) is 1.14. The molecule has 8 heteroatoms. The van der Waals surface area contributed by atoms with Crippen molar-refractivity contribution in [1.29, 1.82) is 0 Å². The van der Waals surface area contributed by atoms with Gasteiger partial charge in [-0.05, 0) is 38.7 Å². The Bertz CT molecular complexity index is 488. The van der Waals surface area contributed by atoms with Gasteiger partial charge < -0.3 is 10.1 Å². The van der Waals surface area contributed by atoms with Gasteiger partial charge in [0.2, 0.25) is 0 Å². The number of aromatic nitrogens is 1. The average molecular weight is 316 g/mol. The summed E-state index contributed by atoms with van der Waals surface area (Å²) >= 11 is 3.16. The van der Waals surface area contributed by atoms with Gasteiger partial charge in [0.05, 0.1) is 22.7 Å². The zero-order chi connectivity index (χ0) is 13.1. The fourth-order valence-electron chi connectivity index (χ4n) is 1.58. The minimum absolute atomic E-state index is 0.179. The molecule has 0 atom stereocenters. The van der Waals surface area contributed by atoms with Crippen molar-refractivity contribution in [1.82, 2.24) is 10.0 Å². The SMILES string of the molecule is O=C(c1cc([N+](=O)[O-])ncc1Br)N1CCCCO1. The Labute approximate surface area is 111 Å². The molecule has 18 heavy (non-hydrogen) atoms. The van der Waals surface area contributed by atoms with E-state index in [0.717, 1.165) is 18.9 Å². The van der Waals surface area contributed by atoms with Crippen LogP contribution in [0, 0.1) is 10.1 Å². The smallest absolute Gasteiger partial charge is 0.358 e. The van der Waals surface area contributed by atoms with E-state index in [9.17, 15) is 14.9 Å². The molecule has 1 aliphatic rings. The van der Waals surface area contributed by atoms with Crippen molar-refractivity contribution in [2.45, 2.75) is 12.8 Å². The van der Waals surface area contributed by atoms with Crippen molar-refractivity contribution in [2.24, 2.45) is 0 Å². The quantitative estimate of drug-likeness (QED) is 0.614. The van der Waals surface area contributed by atoms with Crippen LogP contribution in [0.3, 0.4) is 0 Å². The number of carbonyl (C=O) groups excluding carboxylic acids is 1. The first kappa shape index (κ1) is 12.9. The molecule has 0 bridgehead atoms. The summed E-state index contributed by atoms with van der Waals surface area (Å²) in [5, 5.41) is 11.9. The molecule has 7 nitrogen and oxygen atoms in total. The highest BCUT2D eigenvalue weighted by Crippen LogP contribution is 2.22. The number of hydroxylamine groups is 2. The number of halogens is 1. The molecule has 0 unspecified atom stereocenters. The van der Waals surface area contributed by atoms with Gasteiger partial charge in [-0.25, -0.2) is 5.06 Å². The Balaban J connectivity index is 2.28. The predicted molar refractivity (Wildman–Crippen MR) is 64.8 cm³/mol. The number of carbonyl (C=O) groups is 1. The molecule has 1 amide bonds. The van der Waals surface area contributed by atoms with Crippen LogP contribution >= 0.6 is 15.9 Å². The Morgan fingerprint density at radius 1 is 1.56 bits per heavy atom. The molecule has 0 aromatic carbocycles. The van der Waals surface area contributed by atoms with Crippen LogP contribution in [0.5, 0.6) is 0 Å². The highest BCUT2D eigenvalue weighted by atomic mass is 79.9. The lowest BCUT2D eigenvalue weighted by Gasteiger charge is -2.25. The van der Waals surface area contributed by atoms with Gasteiger partial charge >= 0.3 is 5.82 Å². The van der Waals surface area contributed by atoms with E-state index in [-0.39, 0.29) is 11.4 Å². The van der Waals surface area contributed by atoms with Crippen LogP contribution in [0.2, 0.25) is 0 Å². The lowest BCUT2D eigenvalue weighted by Crippen LogP contribution is -2.36. The van der Waals surface area contributed by atoms with Gasteiger partial charge in [0.15, 0.2) is 6.20 Å². The zero-order valence-electron chi connectivity index (χ0n) is 9.34. The molecule has 0 spiro atoms.